The van der Waals surface area contributed by atoms with Gasteiger partial charge < -0.3 is 9.47 Å². The third-order valence-corrected chi connectivity index (χ3v) is 6.05. The van der Waals surface area contributed by atoms with Crippen molar-refractivity contribution in [2.75, 3.05) is 0 Å². The fourth-order valence-corrected chi connectivity index (χ4v) is 4.11. The molecule has 3 heterocycles. The summed E-state index contributed by atoms with van der Waals surface area (Å²) in [6.45, 7) is 11.3. The zero-order valence-corrected chi connectivity index (χ0v) is 17.2. The Morgan fingerprint density at radius 1 is 1.32 bits per heavy atom. The van der Waals surface area contributed by atoms with E-state index in [2.05, 4.69) is 12.7 Å². The van der Waals surface area contributed by atoms with Crippen molar-refractivity contribution in [2.24, 2.45) is 5.92 Å². The molecule has 154 valence electrons. The van der Waals surface area contributed by atoms with Crippen LogP contribution in [0.25, 0.3) is 0 Å². The van der Waals surface area contributed by atoms with E-state index in [0.717, 1.165) is 24.0 Å². The SMILES string of the molecule is C=C1C(=O)O[C@H]2/C=C(\C)CC[C@H](OC(C)=O)[C@@]3(C)CC[C@H](OO3)/C(C)=C\C[C@@H]12. The fourth-order valence-electron chi connectivity index (χ4n) is 4.11. The average molecular weight is 390 g/mol. The molecule has 28 heavy (non-hydrogen) atoms. The van der Waals surface area contributed by atoms with Crippen LogP contribution in [0.5, 0.6) is 0 Å². The number of rotatable bonds is 1. The number of ether oxygens (including phenoxy) is 2. The number of carbonyl (C=O) groups is 2. The Labute approximate surface area is 166 Å². The first-order valence-electron chi connectivity index (χ1n) is 9.95. The lowest BCUT2D eigenvalue weighted by molar-refractivity contribution is -0.412. The molecule has 0 aromatic rings. The topological polar surface area (TPSA) is 71.1 Å². The van der Waals surface area contributed by atoms with Crippen LogP contribution in [0.3, 0.4) is 0 Å². The van der Waals surface area contributed by atoms with Crippen LogP contribution >= 0.6 is 0 Å². The van der Waals surface area contributed by atoms with Crippen LogP contribution in [-0.2, 0) is 28.8 Å². The first kappa shape index (κ1) is 20.8. The maximum absolute atomic E-state index is 12.0. The largest absolute Gasteiger partial charge is 0.459 e. The van der Waals surface area contributed by atoms with E-state index < -0.39 is 11.7 Å². The molecule has 0 radical (unpaired) electrons. The highest BCUT2D eigenvalue weighted by Crippen LogP contribution is 2.38. The van der Waals surface area contributed by atoms with Gasteiger partial charge in [0.1, 0.15) is 23.9 Å². The second-order valence-corrected chi connectivity index (χ2v) is 8.35. The lowest BCUT2D eigenvalue weighted by Gasteiger charge is -2.41. The summed E-state index contributed by atoms with van der Waals surface area (Å²) in [6.07, 6.45) is 6.66. The Hall–Kier alpha value is -1.92. The molecule has 6 heteroatoms. The van der Waals surface area contributed by atoms with Gasteiger partial charge in [-0.05, 0) is 64.5 Å². The summed E-state index contributed by atoms with van der Waals surface area (Å²) in [5.41, 5.74) is 1.94. The van der Waals surface area contributed by atoms with E-state index in [1.165, 1.54) is 6.92 Å². The second kappa shape index (κ2) is 8.21. The van der Waals surface area contributed by atoms with E-state index in [4.69, 9.17) is 19.2 Å². The zero-order valence-electron chi connectivity index (χ0n) is 17.2. The number of allylic oxidation sites excluding steroid dienone is 2. The van der Waals surface area contributed by atoms with Crippen LogP contribution in [0, 0.1) is 5.92 Å². The number of hydrogen-bond acceptors (Lipinski definition) is 6. The smallest absolute Gasteiger partial charge is 0.334 e. The molecule has 4 rings (SSSR count). The molecule has 0 amide bonds. The van der Waals surface area contributed by atoms with E-state index >= 15 is 0 Å². The molecule has 3 aliphatic heterocycles. The summed E-state index contributed by atoms with van der Waals surface area (Å²) in [5.74, 6) is -0.753. The third-order valence-electron chi connectivity index (χ3n) is 6.05. The monoisotopic (exact) mass is 390 g/mol. The number of carbonyl (C=O) groups excluding carboxylic acids is 2. The molecule has 2 bridgehead atoms. The van der Waals surface area contributed by atoms with Crippen molar-refractivity contribution < 1.29 is 28.8 Å². The summed E-state index contributed by atoms with van der Waals surface area (Å²) in [4.78, 5) is 35.2. The first-order chi connectivity index (χ1) is 13.2. The molecule has 0 aromatic heterocycles. The number of fused-ring (bicyclic) bond motifs is 6. The van der Waals surface area contributed by atoms with Crippen LogP contribution in [0.4, 0.5) is 0 Å². The van der Waals surface area contributed by atoms with Crippen LogP contribution in [-0.4, -0.2) is 35.9 Å². The zero-order chi connectivity index (χ0) is 20.5. The predicted molar refractivity (Wildman–Crippen MR) is 103 cm³/mol. The van der Waals surface area contributed by atoms with Crippen molar-refractivity contribution in [1.82, 2.24) is 0 Å². The standard InChI is InChI=1S/C22H30O6/c1-13-6-9-20(25-16(4)23)22(5)11-10-18(27-28-22)14(2)7-8-17-15(3)21(24)26-19(17)12-13/h7,12,17-20H,3,6,8-11H2,1-2,4-5H3/b13-12+,14-7-/t17-,18-,19-,20-,22+/m0/s1. The Bertz CT molecular complexity index is 711. The highest BCUT2D eigenvalue weighted by molar-refractivity contribution is 5.91. The van der Waals surface area contributed by atoms with Crippen molar-refractivity contribution in [3.05, 3.63) is 35.5 Å². The van der Waals surface area contributed by atoms with Gasteiger partial charge in [-0.25, -0.2) is 14.6 Å². The van der Waals surface area contributed by atoms with Crippen molar-refractivity contribution in [1.29, 1.82) is 0 Å². The van der Waals surface area contributed by atoms with Gasteiger partial charge in [-0.1, -0.05) is 18.2 Å². The summed E-state index contributed by atoms with van der Waals surface area (Å²) >= 11 is 0. The Kier molecular flexibility index (Phi) is 6.10. The van der Waals surface area contributed by atoms with E-state index in [1.807, 2.05) is 26.8 Å². The molecule has 2 saturated heterocycles. The Balaban J connectivity index is 1.91. The van der Waals surface area contributed by atoms with Gasteiger partial charge in [-0.15, -0.1) is 0 Å². The van der Waals surface area contributed by atoms with Gasteiger partial charge in [0.25, 0.3) is 0 Å². The van der Waals surface area contributed by atoms with Crippen LogP contribution < -0.4 is 0 Å². The highest BCUT2D eigenvalue weighted by atomic mass is 17.2. The molecular weight excluding hydrogens is 360 g/mol. The van der Waals surface area contributed by atoms with Crippen LogP contribution in [0.2, 0.25) is 0 Å². The van der Waals surface area contributed by atoms with Gasteiger partial charge in [0.2, 0.25) is 0 Å². The second-order valence-electron chi connectivity index (χ2n) is 8.35. The molecule has 0 N–H and O–H groups in total. The minimum absolute atomic E-state index is 0.0839. The lowest BCUT2D eigenvalue weighted by Crippen LogP contribution is -2.49. The molecule has 2 fully saturated rings. The highest BCUT2D eigenvalue weighted by Gasteiger charge is 2.44. The molecule has 5 atom stereocenters. The summed E-state index contributed by atoms with van der Waals surface area (Å²) in [7, 11) is 0. The van der Waals surface area contributed by atoms with E-state index in [1.54, 1.807) is 0 Å². The van der Waals surface area contributed by atoms with Crippen molar-refractivity contribution >= 4 is 11.9 Å². The van der Waals surface area contributed by atoms with Gasteiger partial charge in [0.15, 0.2) is 0 Å². The molecule has 0 saturated carbocycles. The average Bonchev–Trinajstić information content (AvgIpc) is 2.89. The van der Waals surface area contributed by atoms with Crippen molar-refractivity contribution in [3.8, 4) is 0 Å². The molecule has 6 nitrogen and oxygen atoms in total. The van der Waals surface area contributed by atoms with Gasteiger partial charge in [-0.3, -0.25) is 4.79 Å². The fraction of sp³-hybridized carbons (Fsp3) is 0.636. The molecule has 4 aliphatic rings. The summed E-state index contributed by atoms with van der Waals surface area (Å²) in [6, 6.07) is 0. The lowest BCUT2D eigenvalue weighted by atomic mass is 9.85. The molecular formula is C22H30O6. The maximum Gasteiger partial charge on any atom is 0.334 e. The quantitative estimate of drug-likeness (QED) is 0.292. The van der Waals surface area contributed by atoms with E-state index in [-0.39, 0.29) is 30.1 Å². The molecule has 0 spiro atoms. The van der Waals surface area contributed by atoms with E-state index in [9.17, 15) is 9.59 Å². The summed E-state index contributed by atoms with van der Waals surface area (Å²) in [5, 5.41) is 0. The van der Waals surface area contributed by atoms with Gasteiger partial charge in [0, 0.05) is 18.4 Å². The Morgan fingerprint density at radius 3 is 2.71 bits per heavy atom. The van der Waals surface area contributed by atoms with Gasteiger partial charge in [0.05, 0.1) is 0 Å². The maximum atomic E-state index is 12.0. The summed E-state index contributed by atoms with van der Waals surface area (Å²) < 4.78 is 11.1. The van der Waals surface area contributed by atoms with E-state index in [0.29, 0.717) is 24.8 Å². The number of hydrogen-bond donors (Lipinski definition) is 0. The van der Waals surface area contributed by atoms with Crippen LogP contribution in [0.15, 0.2) is 35.5 Å². The molecule has 0 aromatic carbocycles. The van der Waals surface area contributed by atoms with Crippen molar-refractivity contribution in [2.45, 2.75) is 83.7 Å². The van der Waals surface area contributed by atoms with Gasteiger partial charge in [-0.2, -0.15) is 0 Å². The Morgan fingerprint density at radius 2 is 2.07 bits per heavy atom. The molecule has 1 aliphatic carbocycles. The van der Waals surface area contributed by atoms with Crippen molar-refractivity contribution in [3.63, 3.8) is 0 Å². The molecule has 0 unspecified atom stereocenters. The van der Waals surface area contributed by atoms with Gasteiger partial charge >= 0.3 is 11.9 Å². The third kappa shape index (κ3) is 4.39. The van der Waals surface area contributed by atoms with Crippen LogP contribution in [0.1, 0.15) is 59.8 Å². The first-order valence-corrected chi connectivity index (χ1v) is 9.95. The minimum Gasteiger partial charge on any atom is -0.459 e. The predicted octanol–water partition coefficient (Wildman–Crippen LogP) is 3.96. The normalized spacial score (nSPS) is 40.4. The number of esters is 2. The minimum atomic E-state index is -0.691.